The van der Waals surface area contributed by atoms with Gasteiger partial charge in [0, 0.05) is 12.4 Å². The van der Waals surface area contributed by atoms with Crippen molar-refractivity contribution in [3.05, 3.63) is 36.7 Å². The first kappa shape index (κ1) is 13.5. The van der Waals surface area contributed by atoms with Crippen molar-refractivity contribution in [3.63, 3.8) is 0 Å². The van der Waals surface area contributed by atoms with Gasteiger partial charge in [-0.3, -0.25) is 9.67 Å². The summed E-state index contributed by atoms with van der Waals surface area (Å²) in [5.41, 5.74) is 1.40. The van der Waals surface area contributed by atoms with Crippen molar-refractivity contribution >= 4 is 0 Å². The molecule has 0 saturated heterocycles. The van der Waals surface area contributed by atoms with Crippen LogP contribution in [-0.2, 0) is 11.3 Å². The molecule has 2 aromatic rings. The van der Waals surface area contributed by atoms with Gasteiger partial charge in [-0.1, -0.05) is 6.07 Å². The summed E-state index contributed by atoms with van der Waals surface area (Å²) in [6.45, 7) is -1.01. The maximum atomic E-state index is 11.9. The fourth-order valence-electron chi connectivity index (χ4n) is 1.48. The summed E-state index contributed by atoms with van der Waals surface area (Å²) in [7, 11) is 0. The Balaban J connectivity index is 1.85. The van der Waals surface area contributed by atoms with Gasteiger partial charge in [-0.05, 0) is 18.2 Å². The lowest BCUT2D eigenvalue weighted by atomic mass is 10.3. The Kier molecular flexibility index (Phi) is 4.16. The predicted molar refractivity (Wildman–Crippen MR) is 62.3 cm³/mol. The topological polar surface area (TPSA) is 39.9 Å². The highest BCUT2D eigenvalue weighted by Crippen LogP contribution is 2.15. The van der Waals surface area contributed by atoms with E-state index in [0.29, 0.717) is 5.69 Å². The van der Waals surface area contributed by atoms with Crippen molar-refractivity contribution in [1.29, 1.82) is 0 Å². The zero-order chi connectivity index (χ0) is 13.7. The molecule has 0 aliphatic carbocycles. The van der Waals surface area contributed by atoms with Gasteiger partial charge in [-0.25, -0.2) is 0 Å². The van der Waals surface area contributed by atoms with Crippen LogP contribution in [0.1, 0.15) is 0 Å². The third-order valence-electron chi connectivity index (χ3n) is 2.30. The monoisotopic (exact) mass is 271 g/mol. The van der Waals surface area contributed by atoms with Gasteiger partial charge in [-0.2, -0.15) is 18.3 Å². The SMILES string of the molecule is FC(F)(F)COCCn1ccc(-c2ccccn2)n1. The lowest BCUT2D eigenvalue weighted by Gasteiger charge is -2.07. The first-order valence-electron chi connectivity index (χ1n) is 5.64. The van der Waals surface area contributed by atoms with Gasteiger partial charge < -0.3 is 4.74 Å². The molecular formula is C12H12F3N3O. The zero-order valence-electron chi connectivity index (χ0n) is 9.97. The van der Waals surface area contributed by atoms with E-state index in [0.717, 1.165) is 5.69 Å². The average Bonchev–Trinajstić information content (AvgIpc) is 2.83. The van der Waals surface area contributed by atoms with Crippen LogP contribution in [0, 0.1) is 0 Å². The summed E-state index contributed by atoms with van der Waals surface area (Å²) < 4.78 is 41.6. The normalized spacial score (nSPS) is 11.7. The van der Waals surface area contributed by atoms with E-state index in [1.54, 1.807) is 24.5 Å². The highest BCUT2D eigenvalue weighted by atomic mass is 19.4. The van der Waals surface area contributed by atoms with Gasteiger partial charge in [0.25, 0.3) is 0 Å². The van der Waals surface area contributed by atoms with Gasteiger partial charge in [0.15, 0.2) is 0 Å². The molecule has 0 bridgehead atoms. The molecule has 102 valence electrons. The van der Waals surface area contributed by atoms with Crippen molar-refractivity contribution in [2.75, 3.05) is 13.2 Å². The van der Waals surface area contributed by atoms with Gasteiger partial charge in [0.2, 0.25) is 0 Å². The van der Waals surface area contributed by atoms with Gasteiger partial charge >= 0.3 is 6.18 Å². The van der Waals surface area contributed by atoms with Crippen LogP contribution in [0.4, 0.5) is 13.2 Å². The molecule has 0 fully saturated rings. The van der Waals surface area contributed by atoms with E-state index in [4.69, 9.17) is 0 Å². The van der Waals surface area contributed by atoms with Crippen LogP contribution in [-0.4, -0.2) is 34.2 Å². The van der Waals surface area contributed by atoms with Crippen LogP contribution >= 0.6 is 0 Å². The predicted octanol–water partition coefficient (Wildman–Crippen LogP) is 2.52. The third-order valence-corrected chi connectivity index (χ3v) is 2.30. The van der Waals surface area contributed by atoms with Crippen molar-refractivity contribution < 1.29 is 17.9 Å². The first-order valence-corrected chi connectivity index (χ1v) is 5.64. The quantitative estimate of drug-likeness (QED) is 0.784. The second kappa shape index (κ2) is 5.83. The summed E-state index contributed by atoms with van der Waals surface area (Å²) >= 11 is 0. The van der Waals surface area contributed by atoms with Crippen molar-refractivity contribution in [2.24, 2.45) is 0 Å². The highest BCUT2D eigenvalue weighted by molar-refractivity contribution is 5.52. The van der Waals surface area contributed by atoms with Gasteiger partial charge in [0.1, 0.15) is 12.3 Å². The van der Waals surface area contributed by atoms with Crippen LogP contribution < -0.4 is 0 Å². The molecule has 0 aliphatic rings. The number of halogens is 3. The van der Waals surface area contributed by atoms with E-state index in [2.05, 4.69) is 14.8 Å². The van der Waals surface area contributed by atoms with Crippen molar-refractivity contribution in [1.82, 2.24) is 14.8 Å². The molecule has 0 aliphatic heterocycles. The second-order valence-electron chi connectivity index (χ2n) is 3.85. The third kappa shape index (κ3) is 4.36. The lowest BCUT2D eigenvalue weighted by molar-refractivity contribution is -0.174. The molecule has 2 heterocycles. The Labute approximate surface area is 107 Å². The lowest BCUT2D eigenvalue weighted by Crippen LogP contribution is -2.19. The minimum atomic E-state index is -4.29. The Morgan fingerprint density at radius 3 is 2.68 bits per heavy atom. The molecule has 0 unspecified atom stereocenters. The number of alkyl halides is 3. The van der Waals surface area contributed by atoms with Crippen molar-refractivity contribution in [3.8, 4) is 11.4 Å². The summed E-state index contributed by atoms with van der Waals surface area (Å²) in [6.07, 6.45) is -0.953. The van der Waals surface area contributed by atoms with Crippen LogP contribution in [0.15, 0.2) is 36.7 Å². The van der Waals surface area contributed by atoms with Gasteiger partial charge in [-0.15, -0.1) is 0 Å². The smallest absolute Gasteiger partial charge is 0.370 e. The number of ether oxygens (including phenoxy) is 1. The molecule has 7 heteroatoms. The summed E-state index contributed by atoms with van der Waals surface area (Å²) in [5, 5.41) is 4.21. The molecule has 0 radical (unpaired) electrons. The van der Waals surface area contributed by atoms with E-state index in [1.807, 2.05) is 12.1 Å². The maximum Gasteiger partial charge on any atom is 0.411 e. The van der Waals surface area contributed by atoms with Crippen LogP contribution in [0.5, 0.6) is 0 Å². The Hall–Kier alpha value is -1.89. The number of pyridine rings is 1. The number of aromatic nitrogens is 3. The Morgan fingerprint density at radius 1 is 1.16 bits per heavy atom. The largest absolute Gasteiger partial charge is 0.411 e. The van der Waals surface area contributed by atoms with E-state index in [9.17, 15) is 13.2 Å². The van der Waals surface area contributed by atoms with Crippen LogP contribution in [0.3, 0.4) is 0 Å². The molecule has 0 N–H and O–H groups in total. The maximum absolute atomic E-state index is 11.9. The molecule has 0 spiro atoms. The fraction of sp³-hybridized carbons (Fsp3) is 0.333. The summed E-state index contributed by atoms with van der Waals surface area (Å²) in [5.74, 6) is 0. The zero-order valence-corrected chi connectivity index (χ0v) is 9.97. The van der Waals surface area contributed by atoms with E-state index in [-0.39, 0.29) is 13.2 Å². The molecule has 0 amide bonds. The molecular weight excluding hydrogens is 259 g/mol. The minimum absolute atomic E-state index is 0.0388. The van der Waals surface area contributed by atoms with E-state index in [1.165, 1.54) is 4.68 Å². The highest BCUT2D eigenvalue weighted by Gasteiger charge is 2.27. The molecule has 0 atom stereocenters. The van der Waals surface area contributed by atoms with E-state index < -0.39 is 12.8 Å². The molecule has 2 rings (SSSR count). The number of rotatable bonds is 5. The summed E-state index contributed by atoms with van der Waals surface area (Å²) in [4.78, 5) is 4.14. The van der Waals surface area contributed by atoms with E-state index >= 15 is 0 Å². The molecule has 4 nitrogen and oxygen atoms in total. The van der Waals surface area contributed by atoms with Crippen molar-refractivity contribution in [2.45, 2.75) is 12.7 Å². The molecule has 2 aromatic heterocycles. The fourth-order valence-corrected chi connectivity index (χ4v) is 1.48. The number of hydrogen-bond donors (Lipinski definition) is 0. The average molecular weight is 271 g/mol. The number of nitrogens with zero attached hydrogens (tertiary/aromatic N) is 3. The minimum Gasteiger partial charge on any atom is -0.370 e. The number of hydrogen-bond acceptors (Lipinski definition) is 3. The molecule has 19 heavy (non-hydrogen) atoms. The second-order valence-corrected chi connectivity index (χ2v) is 3.85. The molecule has 0 saturated carbocycles. The standard InChI is InChI=1S/C12H12F3N3O/c13-12(14,15)9-19-8-7-18-6-4-11(17-18)10-3-1-2-5-16-10/h1-6H,7-9H2. The Bertz CT molecular complexity index is 510. The van der Waals surface area contributed by atoms with Gasteiger partial charge in [0.05, 0.1) is 18.8 Å². The first-order chi connectivity index (χ1) is 9.04. The Morgan fingerprint density at radius 2 is 2.00 bits per heavy atom. The van der Waals surface area contributed by atoms with Crippen LogP contribution in [0.25, 0.3) is 11.4 Å². The summed E-state index contributed by atoms with van der Waals surface area (Å²) in [6, 6.07) is 7.21. The molecule has 0 aromatic carbocycles. The van der Waals surface area contributed by atoms with Crippen LogP contribution in [0.2, 0.25) is 0 Å².